The summed E-state index contributed by atoms with van der Waals surface area (Å²) in [5.41, 5.74) is -0.199. The SMILES string of the molecule is CC(=O)SCCC(O)C(O)c1ccccc1S(=O)(=O)F. The minimum Gasteiger partial charge on any atom is -0.390 e. The van der Waals surface area contributed by atoms with Gasteiger partial charge in [-0.05, 0) is 12.5 Å². The smallest absolute Gasteiger partial charge is 0.332 e. The normalized spacial score (nSPS) is 14.8. The van der Waals surface area contributed by atoms with Crippen molar-refractivity contribution in [2.45, 2.75) is 30.4 Å². The van der Waals surface area contributed by atoms with Crippen LogP contribution >= 0.6 is 11.8 Å². The Hall–Kier alpha value is -0.960. The predicted molar refractivity (Wildman–Crippen MR) is 73.5 cm³/mol. The first-order valence-electron chi connectivity index (χ1n) is 5.76. The molecule has 0 aliphatic carbocycles. The summed E-state index contributed by atoms with van der Waals surface area (Å²) in [6, 6.07) is 5.01. The van der Waals surface area contributed by atoms with Crippen LogP contribution in [0.5, 0.6) is 0 Å². The van der Waals surface area contributed by atoms with Gasteiger partial charge in [0.05, 0.1) is 6.10 Å². The highest BCUT2D eigenvalue weighted by Gasteiger charge is 2.26. The van der Waals surface area contributed by atoms with Crippen LogP contribution in [-0.2, 0) is 15.0 Å². The van der Waals surface area contributed by atoms with Gasteiger partial charge < -0.3 is 10.2 Å². The molecule has 0 amide bonds. The molecule has 0 saturated carbocycles. The molecule has 0 aliphatic heterocycles. The topological polar surface area (TPSA) is 91.7 Å². The highest BCUT2D eigenvalue weighted by Crippen LogP contribution is 2.27. The fraction of sp³-hybridized carbons (Fsp3) is 0.417. The minimum absolute atomic E-state index is 0.0755. The summed E-state index contributed by atoms with van der Waals surface area (Å²) < 4.78 is 35.0. The molecule has 0 fully saturated rings. The molecule has 0 spiro atoms. The molecule has 0 aliphatic rings. The van der Waals surface area contributed by atoms with Gasteiger partial charge in [0.1, 0.15) is 11.0 Å². The van der Waals surface area contributed by atoms with Gasteiger partial charge >= 0.3 is 10.2 Å². The lowest BCUT2D eigenvalue weighted by Gasteiger charge is -2.19. The molecule has 2 unspecified atom stereocenters. The molecule has 1 rings (SSSR count). The number of hydrogen-bond donors (Lipinski definition) is 2. The highest BCUT2D eigenvalue weighted by molar-refractivity contribution is 8.13. The average molecular weight is 322 g/mol. The first-order valence-corrected chi connectivity index (χ1v) is 8.13. The Morgan fingerprint density at radius 2 is 1.95 bits per heavy atom. The molecular formula is C12H15FO5S2. The molecule has 2 N–H and O–H groups in total. The van der Waals surface area contributed by atoms with Crippen molar-refractivity contribution in [1.29, 1.82) is 0 Å². The molecule has 8 heteroatoms. The third kappa shape index (κ3) is 4.86. The molecule has 0 heterocycles. The zero-order valence-electron chi connectivity index (χ0n) is 10.7. The molecular weight excluding hydrogens is 307 g/mol. The number of aliphatic hydroxyl groups is 2. The van der Waals surface area contributed by atoms with Crippen LogP contribution in [0.25, 0.3) is 0 Å². The van der Waals surface area contributed by atoms with Crippen LogP contribution in [0.1, 0.15) is 25.0 Å². The molecule has 5 nitrogen and oxygen atoms in total. The Balaban J connectivity index is 2.87. The average Bonchev–Trinajstić information content (AvgIpc) is 2.36. The van der Waals surface area contributed by atoms with Crippen LogP contribution in [0, 0.1) is 0 Å². The largest absolute Gasteiger partial charge is 0.390 e. The maximum atomic E-state index is 13.1. The minimum atomic E-state index is -4.98. The second-order valence-electron chi connectivity index (χ2n) is 4.12. The highest BCUT2D eigenvalue weighted by atomic mass is 32.3. The monoisotopic (exact) mass is 322 g/mol. The maximum absolute atomic E-state index is 13.1. The second kappa shape index (κ2) is 7.16. The van der Waals surface area contributed by atoms with E-state index in [1.165, 1.54) is 25.1 Å². The maximum Gasteiger partial charge on any atom is 0.332 e. The number of benzene rings is 1. The van der Waals surface area contributed by atoms with Crippen molar-refractivity contribution in [1.82, 2.24) is 0 Å². The van der Waals surface area contributed by atoms with E-state index in [4.69, 9.17) is 0 Å². The van der Waals surface area contributed by atoms with Gasteiger partial charge in [-0.1, -0.05) is 30.0 Å². The number of aliphatic hydroxyl groups excluding tert-OH is 2. The Labute approximate surface area is 121 Å². The molecule has 20 heavy (non-hydrogen) atoms. The van der Waals surface area contributed by atoms with E-state index >= 15 is 0 Å². The molecule has 0 saturated heterocycles. The van der Waals surface area contributed by atoms with Crippen LogP contribution in [0.3, 0.4) is 0 Å². The number of rotatable bonds is 6. The summed E-state index contributed by atoms with van der Waals surface area (Å²) in [4.78, 5) is 10.1. The van der Waals surface area contributed by atoms with Crippen molar-refractivity contribution in [2.24, 2.45) is 0 Å². The predicted octanol–water partition coefficient (Wildman–Crippen LogP) is 1.41. The summed E-state index contributed by atoms with van der Waals surface area (Å²) in [6.07, 6.45) is -2.75. The van der Waals surface area contributed by atoms with Crippen molar-refractivity contribution >= 4 is 27.1 Å². The van der Waals surface area contributed by atoms with Crippen molar-refractivity contribution in [3.63, 3.8) is 0 Å². The number of carbonyl (C=O) groups excluding carboxylic acids is 1. The van der Waals surface area contributed by atoms with Gasteiger partial charge in [-0.2, -0.15) is 8.42 Å². The lowest BCUT2D eigenvalue weighted by atomic mass is 10.0. The quantitative estimate of drug-likeness (QED) is 0.770. The van der Waals surface area contributed by atoms with E-state index in [1.807, 2.05) is 0 Å². The molecule has 2 atom stereocenters. The molecule has 0 bridgehead atoms. The van der Waals surface area contributed by atoms with Gasteiger partial charge in [-0.15, -0.1) is 3.89 Å². The van der Waals surface area contributed by atoms with Gasteiger partial charge in [0.25, 0.3) is 0 Å². The molecule has 0 radical (unpaired) electrons. The van der Waals surface area contributed by atoms with E-state index in [-0.39, 0.29) is 22.9 Å². The van der Waals surface area contributed by atoms with Gasteiger partial charge in [0.2, 0.25) is 0 Å². The van der Waals surface area contributed by atoms with Crippen molar-refractivity contribution in [2.75, 3.05) is 5.75 Å². The zero-order valence-corrected chi connectivity index (χ0v) is 12.3. The van der Waals surface area contributed by atoms with Gasteiger partial charge in [-0.25, -0.2) is 0 Å². The van der Waals surface area contributed by atoms with E-state index in [9.17, 15) is 27.3 Å². The summed E-state index contributed by atoms with van der Waals surface area (Å²) in [6.45, 7) is 1.37. The van der Waals surface area contributed by atoms with Gasteiger partial charge in [0, 0.05) is 18.2 Å². The summed E-state index contributed by atoms with van der Waals surface area (Å²) >= 11 is 0.980. The number of halogens is 1. The first-order chi connectivity index (χ1) is 9.23. The number of carbonyl (C=O) groups is 1. The Kier molecular flexibility index (Phi) is 6.12. The fourth-order valence-electron chi connectivity index (χ4n) is 1.64. The number of hydrogen-bond acceptors (Lipinski definition) is 6. The van der Waals surface area contributed by atoms with E-state index in [2.05, 4.69) is 0 Å². The first kappa shape index (κ1) is 17.1. The van der Waals surface area contributed by atoms with E-state index in [1.54, 1.807) is 0 Å². The number of thioether (sulfide) groups is 1. The van der Waals surface area contributed by atoms with E-state index < -0.39 is 27.3 Å². The zero-order chi connectivity index (χ0) is 15.3. The lowest BCUT2D eigenvalue weighted by molar-refractivity contribution is -0.109. The Bertz CT molecular complexity index is 573. The summed E-state index contributed by atoms with van der Waals surface area (Å²) in [7, 11) is -4.98. The van der Waals surface area contributed by atoms with Gasteiger partial charge in [0.15, 0.2) is 5.12 Å². The standard InChI is InChI=1S/C12H15FO5S2/c1-8(14)19-7-6-10(15)12(16)9-4-2-3-5-11(9)20(13,17)18/h2-5,10,12,15-16H,6-7H2,1H3. The van der Waals surface area contributed by atoms with Crippen molar-refractivity contribution < 1.29 is 27.3 Å². The second-order valence-corrected chi connectivity index (χ2v) is 6.70. The third-order valence-corrected chi connectivity index (χ3v) is 4.33. The summed E-state index contributed by atoms with van der Waals surface area (Å²) in [5.74, 6) is 0.276. The van der Waals surface area contributed by atoms with Gasteiger partial charge in [-0.3, -0.25) is 4.79 Å². The van der Waals surface area contributed by atoms with Crippen LogP contribution in [0.2, 0.25) is 0 Å². The molecule has 0 aromatic heterocycles. The van der Waals surface area contributed by atoms with E-state index in [0.717, 1.165) is 17.8 Å². The lowest BCUT2D eigenvalue weighted by Crippen LogP contribution is -2.20. The fourth-order valence-corrected chi connectivity index (χ4v) is 2.99. The molecule has 1 aromatic rings. The van der Waals surface area contributed by atoms with Crippen molar-refractivity contribution in [3.8, 4) is 0 Å². The van der Waals surface area contributed by atoms with E-state index in [0.29, 0.717) is 0 Å². The van der Waals surface area contributed by atoms with Crippen LogP contribution in [0.15, 0.2) is 29.2 Å². The Morgan fingerprint density at radius 1 is 1.35 bits per heavy atom. The van der Waals surface area contributed by atoms with Crippen molar-refractivity contribution in [3.05, 3.63) is 29.8 Å². The molecule has 112 valence electrons. The van der Waals surface area contributed by atoms with Crippen LogP contribution in [-0.4, -0.2) is 35.6 Å². The summed E-state index contributed by atoms with van der Waals surface area (Å²) in [5, 5.41) is 19.6. The van der Waals surface area contributed by atoms with Crippen LogP contribution in [0.4, 0.5) is 3.89 Å². The molecule has 1 aromatic carbocycles. The third-order valence-electron chi connectivity index (χ3n) is 2.58. The Morgan fingerprint density at radius 3 is 2.50 bits per heavy atom. The van der Waals surface area contributed by atoms with Crippen LogP contribution < -0.4 is 0 Å².